The fraction of sp³-hybridized carbons (Fsp3) is 0.353. The van der Waals surface area contributed by atoms with E-state index < -0.39 is 0 Å². The molecule has 0 bridgehead atoms. The molecule has 2 N–H and O–H groups in total. The van der Waals surface area contributed by atoms with Crippen LogP contribution in [0.1, 0.15) is 50.2 Å². The first-order chi connectivity index (χ1) is 23.2. The molecule has 3 aromatic heterocycles. The molecule has 48 heavy (non-hydrogen) atoms. The Balaban J connectivity index is 1.48. The maximum Gasteiger partial charge on any atom is 0.276 e. The van der Waals surface area contributed by atoms with E-state index in [2.05, 4.69) is 25.6 Å². The van der Waals surface area contributed by atoms with Gasteiger partial charge in [0, 0.05) is 44.4 Å². The van der Waals surface area contributed by atoms with E-state index in [1.807, 2.05) is 49.2 Å². The van der Waals surface area contributed by atoms with Gasteiger partial charge in [-0.05, 0) is 64.7 Å². The van der Waals surface area contributed by atoms with E-state index in [1.54, 1.807) is 42.1 Å². The summed E-state index contributed by atoms with van der Waals surface area (Å²) in [7, 11) is 7.34. The zero-order valence-electron chi connectivity index (χ0n) is 28.1. The summed E-state index contributed by atoms with van der Waals surface area (Å²) in [5.74, 6) is 1.58. The molecular formula is C34H41N9O5. The molecule has 0 aliphatic heterocycles. The van der Waals surface area contributed by atoms with Crippen LogP contribution in [-0.4, -0.2) is 93.7 Å². The summed E-state index contributed by atoms with van der Waals surface area (Å²) in [6.45, 7) is 6.38. The summed E-state index contributed by atoms with van der Waals surface area (Å²) in [4.78, 5) is 48.3. The maximum absolute atomic E-state index is 13.4. The molecule has 0 aliphatic rings. The van der Waals surface area contributed by atoms with Crippen LogP contribution in [0.25, 0.3) is 22.1 Å². The third-order valence-corrected chi connectivity index (χ3v) is 7.78. The number of imidazole rings is 2. The zero-order chi connectivity index (χ0) is 34.4. The highest BCUT2D eigenvalue weighted by Crippen LogP contribution is 2.32. The first-order valence-electron chi connectivity index (χ1n) is 15.7. The molecule has 14 heteroatoms. The van der Waals surface area contributed by atoms with Crippen LogP contribution >= 0.6 is 0 Å². The van der Waals surface area contributed by atoms with Gasteiger partial charge in [0.1, 0.15) is 40.8 Å². The van der Waals surface area contributed by atoms with Gasteiger partial charge < -0.3 is 28.8 Å². The van der Waals surface area contributed by atoms with Crippen molar-refractivity contribution in [3.05, 3.63) is 65.0 Å². The topological polar surface area (TPSA) is 150 Å². The Kier molecular flexibility index (Phi) is 10.5. The molecule has 14 nitrogen and oxygen atoms in total. The van der Waals surface area contributed by atoms with Crippen LogP contribution in [0.5, 0.6) is 11.5 Å². The second-order valence-corrected chi connectivity index (χ2v) is 11.5. The average Bonchev–Trinajstić information content (AvgIpc) is 3.76. The van der Waals surface area contributed by atoms with Crippen LogP contribution in [-0.2, 0) is 19.6 Å². The molecule has 0 saturated heterocycles. The summed E-state index contributed by atoms with van der Waals surface area (Å²) in [6, 6.07) is 8.51. The van der Waals surface area contributed by atoms with Crippen LogP contribution in [0.4, 0.5) is 11.9 Å². The number of carbonyl (C=O) groups is 3. The predicted octanol–water partition coefficient (Wildman–Crippen LogP) is 4.43. The van der Waals surface area contributed by atoms with Gasteiger partial charge in [-0.3, -0.25) is 24.4 Å². The van der Waals surface area contributed by atoms with Gasteiger partial charge in [-0.1, -0.05) is 12.2 Å². The molecule has 0 unspecified atom stereocenters. The Morgan fingerprint density at radius 3 is 2.10 bits per heavy atom. The lowest BCUT2D eigenvalue weighted by molar-refractivity contribution is 0.101. The molecule has 252 valence electrons. The molecule has 5 aromatic rings. The fourth-order valence-corrected chi connectivity index (χ4v) is 5.60. The lowest BCUT2D eigenvalue weighted by Gasteiger charge is -2.13. The van der Waals surface area contributed by atoms with Crippen molar-refractivity contribution >= 4 is 52.4 Å². The maximum atomic E-state index is 13.4. The van der Waals surface area contributed by atoms with Gasteiger partial charge in [0.2, 0.25) is 11.9 Å². The third-order valence-electron chi connectivity index (χ3n) is 7.78. The Bertz CT molecular complexity index is 1990. The van der Waals surface area contributed by atoms with Gasteiger partial charge >= 0.3 is 0 Å². The SMILES string of the molecule is CCn1nc(C)cc1C(=O)Nc1nc2cc(C=O)cc(OC)c2n1C/C=C/Cn1c(NC)nc2cc(C=O)cc(OCCCN(C)C)c21. The highest BCUT2D eigenvalue weighted by molar-refractivity contribution is 6.03. The van der Waals surface area contributed by atoms with E-state index in [4.69, 9.17) is 14.5 Å². The summed E-state index contributed by atoms with van der Waals surface area (Å²) in [5, 5.41) is 10.5. The highest BCUT2D eigenvalue weighted by Gasteiger charge is 2.21. The Labute approximate surface area is 278 Å². The normalized spacial score (nSPS) is 11.6. The third kappa shape index (κ3) is 7.08. The van der Waals surface area contributed by atoms with Crippen LogP contribution in [0.3, 0.4) is 0 Å². The molecule has 5 rings (SSSR count). The van der Waals surface area contributed by atoms with Gasteiger partial charge in [0.15, 0.2) is 0 Å². The molecular weight excluding hydrogens is 614 g/mol. The number of methoxy groups -OCH3 is 1. The van der Waals surface area contributed by atoms with Crippen LogP contribution in [0.2, 0.25) is 0 Å². The molecule has 1 amide bonds. The molecule has 0 atom stereocenters. The van der Waals surface area contributed by atoms with Crippen molar-refractivity contribution in [2.75, 3.05) is 52.0 Å². The predicted molar refractivity (Wildman–Crippen MR) is 185 cm³/mol. The molecule has 3 heterocycles. The number of fused-ring (bicyclic) bond motifs is 2. The van der Waals surface area contributed by atoms with Crippen LogP contribution in [0.15, 0.2) is 42.5 Å². The minimum absolute atomic E-state index is 0.293. The molecule has 0 radical (unpaired) electrons. The van der Waals surface area contributed by atoms with E-state index in [-0.39, 0.29) is 5.91 Å². The number of anilines is 2. The monoisotopic (exact) mass is 655 g/mol. The summed E-state index contributed by atoms with van der Waals surface area (Å²) < 4.78 is 17.3. The number of aryl methyl sites for hydroxylation is 2. The fourth-order valence-electron chi connectivity index (χ4n) is 5.60. The van der Waals surface area contributed by atoms with Gasteiger partial charge in [-0.25, -0.2) is 9.97 Å². The number of ether oxygens (including phenoxy) is 2. The number of rotatable bonds is 16. The van der Waals surface area contributed by atoms with Gasteiger partial charge in [-0.15, -0.1) is 0 Å². The van der Waals surface area contributed by atoms with Crippen molar-refractivity contribution in [1.29, 1.82) is 0 Å². The van der Waals surface area contributed by atoms with Gasteiger partial charge in [0.05, 0.1) is 30.4 Å². The van der Waals surface area contributed by atoms with E-state index in [0.717, 1.165) is 36.7 Å². The average molecular weight is 656 g/mol. The van der Waals surface area contributed by atoms with Gasteiger partial charge in [0.25, 0.3) is 5.91 Å². The van der Waals surface area contributed by atoms with Crippen molar-refractivity contribution in [3.8, 4) is 11.5 Å². The number of carbonyl (C=O) groups excluding carboxylic acids is 3. The minimum atomic E-state index is -0.357. The first kappa shape index (κ1) is 33.9. The summed E-state index contributed by atoms with van der Waals surface area (Å²) in [5.41, 5.74) is 4.57. The molecule has 2 aromatic carbocycles. The highest BCUT2D eigenvalue weighted by atomic mass is 16.5. The minimum Gasteiger partial charge on any atom is -0.494 e. The van der Waals surface area contributed by atoms with Crippen molar-refractivity contribution in [1.82, 2.24) is 33.8 Å². The summed E-state index contributed by atoms with van der Waals surface area (Å²) in [6.07, 6.45) is 6.27. The van der Waals surface area contributed by atoms with Crippen molar-refractivity contribution in [3.63, 3.8) is 0 Å². The van der Waals surface area contributed by atoms with Crippen molar-refractivity contribution < 1.29 is 23.9 Å². The molecule has 0 saturated carbocycles. The molecule has 0 fully saturated rings. The summed E-state index contributed by atoms with van der Waals surface area (Å²) >= 11 is 0. The largest absolute Gasteiger partial charge is 0.494 e. The number of aldehydes is 2. The zero-order valence-corrected chi connectivity index (χ0v) is 28.1. The Morgan fingerprint density at radius 1 is 0.917 bits per heavy atom. The number of hydrogen-bond donors (Lipinski definition) is 2. The van der Waals surface area contributed by atoms with Crippen LogP contribution < -0.4 is 20.1 Å². The van der Waals surface area contributed by atoms with Crippen LogP contribution in [0, 0.1) is 6.92 Å². The van der Waals surface area contributed by atoms with E-state index in [9.17, 15) is 14.4 Å². The molecule has 0 spiro atoms. The molecule has 0 aliphatic carbocycles. The number of aromatic nitrogens is 6. The Hall–Kier alpha value is -5.50. The number of nitrogens with one attached hydrogen (secondary N) is 2. The van der Waals surface area contributed by atoms with Gasteiger partial charge in [-0.2, -0.15) is 5.10 Å². The number of benzene rings is 2. The smallest absolute Gasteiger partial charge is 0.276 e. The first-order valence-corrected chi connectivity index (χ1v) is 15.7. The van der Waals surface area contributed by atoms with E-state index >= 15 is 0 Å². The number of amides is 1. The lowest BCUT2D eigenvalue weighted by atomic mass is 10.2. The number of hydrogen-bond acceptors (Lipinski definition) is 10. The standard InChI is InChI=1S/C34H41N9O5/c1-7-43-27(15-22(2)39-43)32(46)38-34-37-25-16-23(20-44)18-28(47-6)30(25)42(34)13-9-8-12-41-31-26(36-33(41)35-3)17-24(21-45)19-29(31)48-14-10-11-40(4)5/h8-9,15-21H,7,10-14H2,1-6H3,(H,35,36)(H,37,38,46)/b9-8+. The second-order valence-electron chi connectivity index (χ2n) is 11.5. The Morgan fingerprint density at radius 2 is 1.52 bits per heavy atom. The van der Waals surface area contributed by atoms with E-state index in [1.165, 1.54) is 7.11 Å². The quantitative estimate of drug-likeness (QED) is 0.0888. The number of allylic oxidation sites excluding steroid dienone is 2. The second kappa shape index (κ2) is 14.9. The lowest BCUT2D eigenvalue weighted by Crippen LogP contribution is -2.20. The van der Waals surface area contributed by atoms with Crippen molar-refractivity contribution in [2.45, 2.75) is 39.9 Å². The number of nitrogens with zero attached hydrogens (tertiary/aromatic N) is 7. The van der Waals surface area contributed by atoms with E-state index in [0.29, 0.717) is 83.0 Å². The van der Waals surface area contributed by atoms with Crippen molar-refractivity contribution in [2.24, 2.45) is 0 Å².